The van der Waals surface area contributed by atoms with Crippen LogP contribution in [-0.2, 0) is 0 Å². The summed E-state index contributed by atoms with van der Waals surface area (Å²) in [7, 11) is 2.11. The summed E-state index contributed by atoms with van der Waals surface area (Å²) in [6.45, 7) is 4.56. The van der Waals surface area contributed by atoms with E-state index in [-0.39, 0.29) is 11.9 Å². The Bertz CT molecular complexity index is 1050. The molecule has 0 N–H and O–H groups in total. The lowest BCUT2D eigenvalue weighted by molar-refractivity contribution is 0.0498. The summed E-state index contributed by atoms with van der Waals surface area (Å²) in [5, 5.41) is 8.84. The number of piperazine rings is 1. The van der Waals surface area contributed by atoms with E-state index in [1.165, 1.54) is 18.4 Å². The Labute approximate surface area is 189 Å². The standard InChI is InChI=1S/C26H29N5O/c1-29-17-18-31(24(19-29)21-7-3-2-4-8-21)26(32)22-11-9-20(10-12-22)23-13-14-25(28-27-23)30-15-5-6-16-30/h2-4,7-14,24H,5-6,15-19H2,1H3/t24-/m1/s1. The molecule has 2 aliphatic heterocycles. The molecule has 0 aliphatic carbocycles. The van der Waals surface area contributed by atoms with Crippen molar-refractivity contribution in [3.8, 4) is 11.3 Å². The van der Waals surface area contributed by atoms with Crippen LogP contribution in [0.25, 0.3) is 11.3 Å². The SMILES string of the molecule is CN1CCN(C(=O)c2ccc(-c3ccc(N4CCCC4)nn3)cc2)[C@@H](c2ccccc2)C1. The fourth-order valence-corrected chi connectivity index (χ4v) is 4.67. The number of hydrogen-bond donors (Lipinski definition) is 0. The Balaban J connectivity index is 1.33. The summed E-state index contributed by atoms with van der Waals surface area (Å²) in [6.07, 6.45) is 2.44. The summed E-state index contributed by atoms with van der Waals surface area (Å²) in [6, 6.07) is 22.2. The van der Waals surface area contributed by atoms with Crippen LogP contribution in [0.3, 0.4) is 0 Å². The average molecular weight is 428 g/mol. The molecule has 164 valence electrons. The summed E-state index contributed by atoms with van der Waals surface area (Å²) < 4.78 is 0. The number of nitrogens with zero attached hydrogens (tertiary/aromatic N) is 5. The van der Waals surface area contributed by atoms with Crippen molar-refractivity contribution >= 4 is 11.7 Å². The van der Waals surface area contributed by atoms with Crippen LogP contribution >= 0.6 is 0 Å². The molecule has 3 aromatic rings. The van der Waals surface area contributed by atoms with Crippen molar-refractivity contribution in [1.82, 2.24) is 20.0 Å². The van der Waals surface area contributed by atoms with E-state index in [1.54, 1.807) is 0 Å². The third-order valence-corrected chi connectivity index (χ3v) is 6.54. The molecular formula is C26H29N5O. The van der Waals surface area contributed by atoms with Crippen molar-refractivity contribution < 1.29 is 4.79 Å². The molecule has 0 bridgehead atoms. The molecule has 2 aliphatic rings. The monoisotopic (exact) mass is 427 g/mol. The third kappa shape index (κ3) is 4.23. The van der Waals surface area contributed by atoms with Crippen LogP contribution in [0.15, 0.2) is 66.7 Å². The van der Waals surface area contributed by atoms with Crippen LogP contribution in [0, 0.1) is 0 Å². The summed E-state index contributed by atoms with van der Waals surface area (Å²) in [4.78, 5) is 20.0. The van der Waals surface area contributed by atoms with Gasteiger partial charge in [0.15, 0.2) is 5.82 Å². The third-order valence-electron chi connectivity index (χ3n) is 6.54. The quantitative estimate of drug-likeness (QED) is 0.633. The van der Waals surface area contributed by atoms with Gasteiger partial charge in [-0.1, -0.05) is 42.5 Å². The second-order valence-electron chi connectivity index (χ2n) is 8.74. The van der Waals surface area contributed by atoms with Crippen molar-refractivity contribution in [2.45, 2.75) is 18.9 Å². The predicted molar refractivity (Wildman–Crippen MR) is 127 cm³/mol. The Kier molecular flexibility index (Phi) is 5.86. The summed E-state index contributed by atoms with van der Waals surface area (Å²) in [5.41, 5.74) is 3.69. The zero-order valence-corrected chi connectivity index (χ0v) is 18.5. The van der Waals surface area contributed by atoms with Crippen molar-refractivity contribution in [3.63, 3.8) is 0 Å². The van der Waals surface area contributed by atoms with E-state index in [9.17, 15) is 4.79 Å². The van der Waals surface area contributed by atoms with E-state index in [1.807, 2.05) is 59.5 Å². The van der Waals surface area contributed by atoms with Gasteiger partial charge in [0, 0.05) is 43.9 Å². The highest BCUT2D eigenvalue weighted by molar-refractivity contribution is 5.95. The minimum Gasteiger partial charge on any atom is -0.355 e. The molecule has 6 nitrogen and oxygen atoms in total. The number of aromatic nitrogens is 2. The first-order valence-electron chi connectivity index (χ1n) is 11.4. The maximum Gasteiger partial charge on any atom is 0.254 e. The molecule has 0 saturated carbocycles. The van der Waals surface area contributed by atoms with Crippen LogP contribution in [0.2, 0.25) is 0 Å². The van der Waals surface area contributed by atoms with E-state index >= 15 is 0 Å². The van der Waals surface area contributed by atoms with E-state index in [0.29, 0.717) is 5.56 Å². The van der Waals surface area contributed by atoms with Gasteiger partial charge in [0.25, 0.3) is 5.91 Å². The molecule has 0 unspecified atom stereocenters. The first-order valence-corrected chi connectivity index (χ1v) is 11.4. The maximum atomic E-state index is 13.4. The zero-order valence-electron chi connectivity index (χ0n) is 18.5. The first kappa shape index (κ1) is 20.6. The maximum absolute atomic E-state index is 13.4. The fourth-order valence-electron chi connectivity index (χ4n) is 4.67. The number of rotatable bonds is 4. The summed E-state index contributed by atoms with van der Waals surface area (Å²) in [5.74, 6) is 1.02. The molecule has 32 heavy (non-hydrogen) atoms. The van der Waals surface area contributed by atoms with E-state index in [0.717, 1.165) is 49.8 Å². The van der Waals surface area contributed by atoms with Gasteiger partial charge in [0.05, 0.1) is 11.7 Å². The minimum atomic E-state index is 0.0612. The highest BCUT2D eigenvalue weighted by Crippen LogP contribution is 2.27. The molecule has 1 aromatic heterocycles. The van der Waals surface area contributed by atoms with Crippen molar-refractivity contribution in [2.75, 3.05) is 44.7 Å². The molecule has 2 saturated heterocycles. The number of carbonyl (C=O) groups is 1. The Morgan fingerprint density at radius 2 is 1.59 bits per heavy atom. The molecule has 1 amide bonds. The predicted octanol–water partition coefficient (Wildman–Crippen LogP) is 3.87. The van der Waals surface area contributed by atoms with Crippen molar-refractivity contribution in [1.29, 1.82) is 0 Å². The lowest BCUT2D eigenvalue weighted by Gasteiger charge is -2.40. The number of benzene rings is 2. The Morgan fingerprint density at radius 1 is 0.844 bits per heavy atom. The van der Waals surface area contributed by atoms with Crippen LogP contribution in [0.5, 0.6) is 0 Å². The van der Waals surface area contributed by atoms with Crippen LogP contribution < -0.4 is 4.90 Å². The number of amides is 1. The van der Waals surface area contributed by atoms with Gasteiger partial charge in [-0.25, -0.2) is 0 Å². The average Bonchev–Trinajstić information content (AvgIpc) is 3.39. The minimum absolute atomic E-state index is 0.0612. The Hall–Kier alpha value is -3.25. The largest absolute Gasteiger partial charge is 0.355 e. The van der Waals surface area contributed by atoms with Gasteiger partial charge in [-0.05, 0) is 49.7 Å². The molecule has 1 atom stereocenters. The molecule has 0 spiro atoms. The molecule has 5 rings (SSSR count). The Morgan fingerprint density at radius 3 is 2.28 bits per heavy atom. The zero-order chi connectivity index (χ0) is 21.9. The second-order valence-corrected chi connectivity index (χ2v) is 8.74. The van der Waals surface area contributed by atoms with Gasteiger partial charge in [0.1, 0.15) is 0 Å². The van der Waals surface area contributed by atoms with Crippen LogP contribution in [0.4, 0.5) is 5.82 Å². The van der Waals surface area contributed by atoms with Crippen molar-refractivity contribution in [3.05, 3.63) is 77.9 Å². The lowest BCUT2D eigenvalue weighted by atomic mass is 10.0. The molecular weight excluding hydrogens is 398 g/mol. The molecule has 6 heteroatoms. The van der Waals surface area contributed by atoms with Gasteiger partial charge in [0.2, 0.25) is 0 Å². The molecule has 2 aromatic carbocycles. The van der Waals surface area contributed by atoms with Gasteiger partial charge in [-0.3, -0.25) is 4.79 Å². The van der Waals surface area contributed by atoms with E-state index in [4.69, 9.17) is 0 Å². The number of carbonyl (C=O) groups excluding carboxylic acids is 1. The van der Waals surface area contributed by atoms with Gasteiger partial charge in [-0.15, -0.1) is 10.2 Å². The summed E-state index contributed by atoms with van der Waals surface area (Å²) >= 11 is 0. The number of hydrogen-bond acceptors (Lipinski definition) is 5. The number of anilines is 1. The number of likely N-dealkylation sites (N-methyl/N-ethyl adjacent to an activating group) is 1. The topological polar surface area (TPSA) is 52.6 Å². The van der Waals surface area contributed by atoms with Crippen LogP contribution in [0.1, 0.15) is 34.8 Å². The van der Waals surface area contributed by atoms with Gasteiger partial charge < -0.3 is 14.7 Å². The smallest absolute Gasteiger partial charge is 0.254 e. The van der Waals surface area contributed by atoms with Crippen molar-refractivity contribution in [2.24, 2.45) is 0 Å². The highest BCUT2D eigenvalue weighted by atomic mass is 16.2. The molecule has 2 fully saturated rings. The first-order chi connectivity index (χ1) is 15.7. The van der Waals surface area contributed by atoms with E-state index < -0.39 is 0 Å². The lowest BCUT2D eigenvalue weighted by Crippen LogP contribution is -2.49. The highest BCUT2D eigenvalue weighted by Gasteiger charge is 2.30. The molecule has 0 radical (unpaired) electrons. The normalized spacial score (nSPS) is 19.3. The van der Waals surface area contributed by atoms with Gasteiger partial charge >= 0.3 is 0 Å². The second kappa shape index (κ2) is 9.09. The van der Waals surface area contributed by atoms with Gasteiger partial charge in [-0.2, -0.15) is 0 Å². The van der Waals surface area contributed by atoms with E-state index in [2.05, 4.69) is 39.2 Å². The fraction of sp³-hybridized carbons (Fsp3) is 0.346. The van der Waals surface area contributed by atoms with Crippen LogP contribution in [-0.4, -0.2) is 65.7 Å². The molecule has 3 heterocycles.